The summed E-state index contributed by atoms with van der Waals surface area (Å²) in [4.78, 5) is 9.37. The Morgan fingerprint density at radius 1 is 1.36 bits per heavy atom. The summed E-state index contributed by atoms with van der Waals surface area (Å²) >= 11 is 0. The van der Waals surface area contributed by atoms with Gasteiger partial charge in [0.2, 0.25) is 0 Å². The minimum absolute atomic E-state index is 0.0235. The number of non-ortho nitro benzene ring substituents is 1. The molecule has 1 aromatic rings. The monoisotopic (exact) mass is 202 g/mol. The molecule has 76 valence electrons. The molecule has 0 heterocycles. The Morgan fingerprint density at radius 3 is 2.21 bits per heavy atom. The summed E-state index contributed by atoms with van der Waals surface area (Å²) < 4.78 is 26.1. The minimum Gasteiger partial charge on any atom is -0.330 e. The molecule has 0 saturated heterocycles. The summed E-state index contributed by atoms with van der Waals surface area (Å²) in [6.45, 7) is 0.0889. The van der Waals surface area contributed by atoms with Gasteiger partial charge in [0, 0.05) is 5.56 Å². The number of hydrogen-bond donors (Lipinski definition) is 1. The Bertz CT molecular complexity index is 345. The highest BCUT2D eigenvalue weighted by Gasteiger charge is 2.15. The van der Waals surface area contributed by atoms with Gasteiger partial charge in [0.1, 0.15) is 11.6 Å². The number of hydrogen-bond acceptors (Lipinski definition) is 3. The van der Waals surface area contributed by atoms with E-state index in [-0.39, 0.29) is 18.5 Å². The Hall–Kier alpha value is -1.56. The van der Waals surface area contributed by atoms with Crippen LogP contribution in [-0.4, -0.2) is 11.5 Å². The second-order valence-electron chi connectivity index (χ2n) is 2.68. The van der Waals surface area contributed by atoms with Crippen LogP contribution in [0.5, 0.6) is 0 Å². The first-order valence-electron chi connectivity index (χ1n) is 3.88. The lowest BCUT2D eigenvalue weighted by Crippen LogP contribution is -2.07. The highest BCUT2D eigenvalue weighted by molar-refractivity contribution is 5.35. The molecule has 0 amide bonds. The van der Waals surface area contributed by atoms with Crippen molar-refractivity contribution >= 4 is 5.69 Å². The van der Waals surface area contributed by atoms with Crippen molar-refractivity contribution < 1.29 is 13.7 Å². The fraction of sp³-hybridized carbons (Fsp3) is 0.250. The van der Waals surface area contributed by atoms with Crippen LogP contribution in [0.3, 0.4) is 0 Å². The third-order valence-electron chi connectivity index (χ3n) is 1.73. The van der Waals surface area contributed by atoms with E-state index in [1.165, 1.54) is 0 Å². The van der Waals surface area contributed by atoms with Gasteiger partial charge in [-0.15, -0.1) is 0 Å². The second kappa shape index (κ2) is 4.10. The first-order valence-corrected chi connectivity index (χ1v) is 3.88. The van der Waals surface area contributed by atoms with E-state index in [1.807, 2.05) is 0 Å². The van der Waals surface area contributed by atoms with Crippen LogP contribution in [-0.2, 0) is 6.42 Å². The van der Waals surface area contributed by atoms with E-state index in [0.717, 1.165) is 0 Å². The summed E-state index contributed by atoms with van der Waals surface area (Å²) in [7, 11) is 0. The first kappa shape index (κ1) is 10.5. The fourth-order valence-corrected chi connectivity index (χ4v) is 1.08. The molecule has 0 aliphatic rings. The van der Waals surface area contributed by atoms with Gasteiger partial charge in [0.05, 0.1) is 17.1 Å². The molecule has 0 bridgehead atoms. The number of benzene rings is 1. The van der Waals surface area contributed by atoms with Crippen molar-refractivity contribution in [3.8, 4) is 0 Å². The van der Waals surface area contributed by atoms with E-state index < -0.39 is 22.2 Å². The summed E-state index contributed by atoms with van der Waals surface area (Å²) in [5.74, 6) is -1.86. The lowest BCUT2D eigenvalue weighted by Gasteiger charge is -2.02. The van der Waals surface area contributed by atoms with Crippen LogP contribution in [0.4, 0.5) is 14.5 Å². The zero-order valence-electron chi connectivity index (χ0n) is 7.17. The van der Waals surface area contributed by atoms with Crippen LogP contribution >= 0.6 is 0 Å². The average molecular weight is 202 g/mol. The molecule has 1 rings (SSSR count). The van der Waals surface area contributed by atoms with Crippen molar-refractivity contribution in [2.75, 3.05) is 6.54 Å². The van der Waals surface area contributed by atoms with Crippen LogP contribution < -0.4 is 5.73 Å². The summed E-state index contributed by atoms with van der Waals surface area (Å²) in [6, 6.07) is 1.38. The summed E-state index contributed by atoms with van der Waals surface area (Å²) in [6.07, 6.45) is 0.0235. The molecule has 14 heavy (non-hydrogen) atoms. The fourth-order valence-electron chi connectivity index (χ4n) is 1.08. The molecule has 0 atom stereocenters. The maximum absolute atomic E-state index is 13.1. The van der Waals surface area contributed by atoms with E-state index in [0.29, 0.717) is 12.1 Å². The van der Waals surface area contributed by atoms with Gasteiger partial charge in [0.15, 0.2) is 0 Å². The molecule has 2 N–H and O–H groups in total. The van der Waals surface area contributed by atoms with Gasteiger partial charge in [0.25, 0.3) is 5.69 Å². The Morgan fingerprint density at radius 2 is 1.86 bits per heavy atom. The molecular weight excluding hydrogens is 194 g/mol. The largest absolute Gasteiger partial charge is 0.330 e. The number of nitrogens with zero attached hydrogens (tertiary/aromatic N) is 1. The second-order valence-corrected chi connectivity index (χ2v) is 2.68. The highest BCUT2D eigenvalue weighted by atomic mass is 19.1. The molecular formula is C8H8F2N2O2. The smallest absolute Gasteiger partial charge is 0.275 e. The molecule has 0 unspecified atom stereocenters. The van der Waals surface area contributed by atoms with Crippen LogP contribution in [0.2, 0.25) is 0 Å². The lowest BCUT2D eigenvalue weighted by molar-refractivity contribution is -0.385. The maximum Gasteiger partial charge on any atom is 0.275 e. The van der Waals surface area contributed by atoms with Crippen molar-refractivity contribution in [3.63, 3.8) is 0 Å². The highest BCUT2D eigenvalue weighted by Crippen LogP contribution is 2.20. The van der Waals surface area contributed by atoms with Crippen molar-refractivity contribution in [3.05, 3.63) is 39.4 Å². The number of halogens is 2. The maximum atomic E-state index is 13.1. The normalized spacial score (nSPS) is 10.2. The van der Waals surface area contributed by atoms with Crippen LogP contribution in [0.15, 0.2) is 12.1 Å². The van der Waals surface area contributed by atoms with E-state index in [4.69, 9.17) is 5.73 Å². The van der Waals surface area contributed by atoms with Crippen molar-refractivity contribution in [2.24, 2.45) is 5.73 Å². The quantitative estimate of drug-likeness (QED) is 0.594. The first-order chi connectivity index (χ1) is 6.56. The van der Waals surface area contributed by atoms with E-state index in [9.17, 15) is 18.9 Å². The average Bonchev–Trinajstić information content (AvgIpc) is 2.10. The van der Waals surface area contributed by atoms with E-state index >= 15 is 0 Å². The number of nitro groups is 1. The van der Waals surface area contributed by atoms with Crippen LogP contribution in [0, 0.1) is 21.7 Å². The lowest BCUT2D eigenvalue weighted by atomic mass is 10.1. The zero-order valence-corrected chi connectivity index (χ0v) is 7.17. The number of nitrogens with two attached hydrogens (primary N) is 1. The molecule has 0 aliphatic carbocycles. The van der Waals surface area contributed by atoms with Crippen molar-refractivity contribution in [2.45, 2.75) is 6.42 Å². The topological polar surface area (TPSA) is 69.2 Å². The Balaban J connectivity index is 3.18. The van der Waals surface area contributed by atoms with E-state index in [2.05, 4.69) is 0 Å². The van der Waals surface area contributed by atoms with Gasteiger partial charge in [-0.25, -0.2) is 8.78 Å². The third kappa shape index (κ3) is 2.02. The van der Waals surface area contributed by atoms with Crippen molar-refractivity contribution in [1.82, 2.24) is 0 Å². The molecule has 6 heteroatoms. The van der Waals surface area contributed by atoms with Gasteiger partial charge in [-0.05, 0) is 13.0 Å². The molecule has 0 spiro atoms. The number of rotatable bonds is 3. The molecule has 0 aromatic heterocycles. The third-order valence-corrected chi connectivity index (χ3v) is 1.73. The minimum atomic E-state index is -0.929. The molecule has 0 aliphatic heterocycles. The van der Waals surface area contributed by atoms with Crippen molar-refractivity contribution in [1.29, 1.82) is 0 Å². The zero-order chi connectivity index (χ0) is 10.7. The molecule has 0 radical (unpaired) electrons. The molecule has 0 fully saturated rings. The SMILES string of the molecule is NCCc1c(F)cc([N+](=O)[O-])cc1F. The van der Waals surface area contributed by atoms with Gasteiger partial charge in [-0.3, -0.25) is 10.1 Å². The van der Waals surface area contributed by atoms with Gasteiger partial charge >= 0.3 is 0 Å². The number of nitro benzene ring substituents is 1. The molecule has 0 saturated carbocycles. The van der Waals surface area contributed by atoms with Gasteiger partial charge < -0.3 is 5.73 Å². The van der Waals surface area contributed by atoms with Gasteiger partial charge in [-0.1, -0.05) is 0 Å². The Kier molecular flexibility index (Phi) is 3.08. The molecule has 4 nitrogen and oxygen atoms in total. The van der Waals surface area contributed by atoms with E-state index in [1.54, 1.807) is 0 Å². The predicted octanol–water partition coefficient (Wildman–Crippen LogP) is 1.37. The summed E-state index contributed by atoms with van der Waals surface area (Å²) in [5.41, 5.74) is 4.32. The Labute approximate surface area is 78.5 Å². The predicted molar refractivity (Wildman–Crippen MR) is 45.8 cm³/mol. The molecule has 1 aromatic carbocycles. The van der Waals surface area contributed by atoms with Crippen LogP contribution in [0.1, 0.15) is 5.56 Å². The standard InChI is InChI=1S/C8H8F2N2O2/c9-7-3-5(12(13)14)4-8(10)6(7)1-2-11/h3-4H,1-2,11H2. The summed E-state index contributed by atoms with van der Waals surface area (Å²) in [5, 5.41) is 10.2. The van der Waals surface area contributed by atoms with Gasteiger partial charge in [-0.2, -0.15) is 0 Å². The van der Waals surface area contributed by atoms with Crippen LogP contribution in [0.25, 0.3) is 0 Å².